The van der Waals surface area contributed by atoms with Gasteiger partial charge in [-0.2, -0.15) is 13.9 Å². The lowest BCUT2D eigenvalue weighted by Gasteiger charge is -2.23. The number of alkyl halides is 2. The van der Waals surface area contributed by atoms with Gasteiger partial charge in [0.15, 0.2) is 11.5 Å². The van der Waals surface area contributed by atoms with Gasteiger partial charge in [-0.3, -0.25) is 9.78 Å². The smallest absolute Gasteiger partial charge is 0.387 e. The summed E-state index contributed by atoms with van der Waals surface area (Å²) < 4.78 is 60.2. The minimum absolute atomic E-state index is 0.0253. The Balaban J connectivity index is 1.56. The SMILES string of the molecule is CN1C(=O)c2cccc(OC(F)F)c2[C@H]2C[C@@H]1c1nn3cc(F)c(-c4ccc(P(C)(C)=O)nc4)nc3c12. The number of carbonyl (C=O) groups excluding carboxylic acids is 1. The van der Waals surface area contributed by atoms with Crippen LogP contribution in [0.3, 0.4) is 0 Å². The summed E-state index contributed by atoms with van der Waals surface area (Å²) in [5, 5.41) is 4.55. The van der Waals surface area contributed by atoms with E-state index in [2.05, 4.69) is 15.1 Å². The first kappa shape index (κ1) is 23.7. The van der Waals surface area contributed by atoms with Crippen LogP contribution in [0.4, 0.5) is 13.2 Å². The Morgan fingerprint density at radius 1 is 1.16 bits per heavy atom. The van der Waals surface area contributed by atoms with E-state index in [1.54, 1.807) is 38.6 Å². The maximum atomic E-state index is 15.2. The number of ether oxygens (including phenoxy) is 1. The van der Waals surface area contributed by atoms with E-state index < -0.39 is 31.5 Å². The van der Waals surface area contributed by atoms with Crippen molar-refractivity contribution in [2.45, 2.75) is 25.0 Å². The van der Waals surface area contributed by atoms with Gasteiger partial charge in [0, 0.05) is 41.4 Å². The lowest BCUT2D eigenvalue weighted by Crippen LogP contribution is -2.30. The third-order valence-electron chi connectivity index (χ3n) is 6.97. The summed E-state index contributed by atoms with van der Waals surface area (Å²) in [6.07, 6.45) is 3.03. The Morgan fingerprint density at radius 2 is 1.95 bits per heavy atom. The van der Waals surface area contributed by atoms with Crippen LogP contribution in [-0.4, -0.2) is 57.4 Å². The van der Waals surface area contributed by atoms with Crippen LogP contribution in [-0.2, 0) is 4.57 Å². The molecule has 37 heavy (non-hydrogen) atoms. The molecule has 2 atom stereocenters. The summed E-state index contributed by atoms with van der Waals surface area (Å²) in [5.74, 6) is -1.58. The van der Waals surface area contributed by atoms with E-state index in [-0.39, 0.29) is 22.9 Å². The number of carbonyl (C=O) groups is 1. The Labute approximate surface area is 209 Å². The minimum Gasteiger partial charge on any atom is -0.434 e. The van der Waals surface area contributed by atoms with E-state index >= 15 is 4.39 Å². The molecule has 3 aromatic heterocycles. The first-order valence-electron chi connectivity index (χ1n) is 11.5. The third-order valence-corrected chi connectivity index (χ3v) is 8.34. The maximum Gasteiger partial charge on any atom is 0.387 e. The van der Waals surface area contributed by atoms with Gasteiger partial charge < -0.3 is 14.2 Å². The fourth-order valence-corrected chi connectivity index (χ4v) is 6.06. The molecule has 0 spiro atoms. The van der Waals surface area contributed by atoms with Crippen LogP contribution in [0.25, 0.3) is 16.9 Å². The number of fused-ring (bicyclic) bond motifs is 9. The number of amides is 1. The summed E-state index contributed by atoms with van der Waals surface area (Å²) in [6.45, 7) is 0.127. The Hall–Kier alpha value is -3.72. The molecule has 2 bridgehead atoms. The number of nitrogens with zero attached hydrogens (tertiary/aromatic N) is 5. The van der Waals surface area contributed by atoms with Crippen molar-refractivity contribution in [2.75, 3.05) is 20.4 Å². The Bertz CT molecular complexity index is 1630. The highest BCUT2D eigenvalue weighted by Crippen LogP contribution is 2.53. The standard InChI is InChI=1S/C25H21F3N5O3P/c1-32-16-9-14(19-13(24(32)34)5-4-6-17(19)36-25(27)28)20-22(16)31-33-11-15(26)21(30-23(20)33)12-7-8-18(29-10-12)37(2,3)35/h4-8,10-11,14,16,25H,9H2,1-3H3/t14-,16-/m1/s1. The quantitative estimate of drug-likeness (QED) is 0.365. The van der Waals surface area contributed by atoms with E-state index in [4.69, 9.17) is 4.74 Å². The van der Waals surface area contributed by atoms with Gasteiger partial charge in [0.05, 0.1) is 23.4 Å². The van der Waals surface area contributed by atoms with Crippen molar-refractivity contribution in [3.05, 3.63) is 70.9 Å². The van der Waals surface area contributed by atoms with Gasteiger partial charge in [0.25, 0.3) is 5.91 Å². The predicted octanol–water partition coefficient (Wildman–Crippen LogP) is 4.44. The first-order chi connectivity index (χ1) is 17.5. The molecule has 0 saturated heterocycles. The average molecular weight is 527 g/mol. The van der Waals surface area contributed by atoms with Crippen LogP contribution < -0.4 is 10.2 Å². The fourth-order valence-electron chi connectivity index (χ4n) is 5.29. The van der Waals surface area contributed by atoms with Crippen LogP contribution in [0.15, 0.2) is 42.7 Å². The van der Waals surface area contributed by atoms with Gasteiger partial charge in [0.2, 0.25) is 0 Å². The van der Waals surface area contributed by atoms with E-state index in [0.717, 1.165) is 0 Å². The van der Waals surface area contributed by atoms with Gasteiger partial charge in [-0.05, 0) is 44.0 Å². The monoisotopic (exact) mass is 527 g/mol. The molecular weight excluding hydrogens is 506 g/mol. The minimum atomic E-state index is -3.07. The lowest BCUT2D eigenvalue weighted by atomic mass is 9.89. The van der Waals surface area contributed by atoms with Gasteiger partial charge >= 0.3 is 6.61 Å². The molecule has 8 nitrogen and oxygen atoms in total. The molecule has 2 aliphatic rings. The predicted molar refractivity (Wildman–Crippen MR) is 130 cm³/mol. The number of rotatable bonds is 4. The number of hydrogen-bond donors (Lipinski definition) is 0. The molecule has 4 heterocycles. The van der Waals surface area contributed by atoms with Crippen LogP contribution >= 0.6 is 7.14 Å². The zero-order valence-electron chi connectivity index (χ0n) is 20.0. The molecule has 1 aliphatic carbocycles. The molecule has 1 aliphatic heterocycles. The van der Waals surface area contributed by atoms with Gasteiger partial charge in [-0.25, -0.2) is 13.9 Å². The molecule has 190 valence electrons. The molecule has 0 saturated carbocycles. The molecule has 4 aromatic rings. The van der Waals surface area contributed by atoms with Crippen molar-refractivity contribution in [2.24, 2.45) is 0 Å². The topological polar surface area (TPSA) is 89.7 Å². The maximum absolute atomic E-state index is 15.2. The van der Waals surface area contributed by atoms with Crippen LogP contribution in [0.5, 0.6) is 5.75 Å². The molecule has 0 unspecified atom stereocenters. The largest absolute Gasteiger partial charge is 0.434 e. The second kappa shape index (κ2) is 8.14. The first-order valence-corrected chi connectivity index (χ1v) is 14.1. The Kier molecular flexibility index (Phi) is 5.21. The summed E-state index contributed by atoms with van der Waals surface area (Å²) in [4.78, 5) is 23.6. The number of benzene rings is 1. The highest BCUT2D eigenvalue weighted by molar-refractivity contribution is 7.69. The van der Waals surface area contributed by atoms with Gasteiger partial charge in [-0.15, -0.1) is 0 Å². The number of pyridine rings is 1. The van der Waals surface area contributed by atoms with E-state index in [1.807, 2.05) is 0 Å². The number of halogens is 3. The van der Waals surface area contributed by atoms with Crippen molar-refractivity contribution in [3.63, 3.8) is 0 Å². The lowest BCUT2D eigenvalue weighted by molar-refractivity contribution is -0.0505. The van der Waals surface area contributed by atoms with Crippen LogP contribution in [0.1, 0.15) is 45.6 Å². The van der Waals surface area contributed by atoms with Crippen molar-refractivity contribution < 1.29 is 27.3 Å². The average Bonchev–Trinajstić information content (AvgIpc) is 3.35. The highest BCUT2D eigenvalue weighted by Gasteiger charge is 2.46. The van der Waals surface area contributed by atoms with E-state index in [1.165, 1.54) is 33.9 Å². The molecular formula is C25H21F3N5O3P. The fraction of sp³-hybridized carbons (Fsp3) is 0.280. The van der Waals surface area contributed by atoms with Crippen molar-refractivity contribution in [3.8, 4) is 17.0 Å². The highest BCUT2D eigenvalue weighted by atomic mass is 31.2. The number of aromatic nitrogens is 4. The van der Waals surface area contributed by atoms with Crippen molar-refractivity contribution >= 4 is 24.1 Å². The third kappa shape index (κ3) is 3.63. The molecule has 0 radical (unpaired) electrons. The van der Waals surface area contributed by atoms with Crippen LogP contribution in [0.2, 0.25) is 0 Å². The summed E-state index contributed by atoms with van der Waals surface area (Å²) in [7, 11) is -0.961. The molecule has 0 fully saturated rings. The van der Waals surface area contributed by atoms with E-state index in [9.17, 15) is 18.1 Å². The van der Waals surface area contributed by atoms with Crippen molar-refractivity contribution in [1.82, 2.24) is 24.5 Å². The summed E-state index contributed by atoms with van der Waals surface area (Å²) >= 11 is 0. The Morgan fingerprint density at radius 3 is 2.62 bits per heavy atom. The molecule has 12 heteroatoms. The molecule has 0 N–H and O–H groups in total. The zero-order chi connectivity index (χ0) is 26.2. The normalized spacial score (nSPS) is 18.8. The van der Waals surface area contributed by atoms with Crippen molar-refractivity contribution in [1.29, 1.82) is 0 Å². The van der Waals surface area contributed by atoms with Gasteiger partial charge in [0.1, 0.15) is 18.6 Å². The zero-order valence-corrected chi connectivity index (χ0v) is 20.9. The molecule has 1 aromatic carbocycles. The van der Waals surface area contributed by atoms with E-state index in [0.29, 0.717) is 39.9 Å². The molecule has 6 rings (SSSR count). The number of hydrogen-bond acceptors (Lipinski definition) is 6. The summed E-state index contributed by atoms with van der Waals surface area (Å²) in [6, 6.07) is 7.26. The second-order valence-corrected chi connectivity index (χ2v) is 12.7. The van der Waals surface area contributed by atoms with Crippen LogP contribution in [0, 0.1) is 5.82 Å². The second-order valence-electron chi connectivity index (χ2n) is 9.58. The summed E-state index contributed by atoms with van der Waals surface area (Å²) in [5.41, 5.74) is 2.96. The van der Waals surface area contributed by atoms with Gasteiger partial charge in [-0.1, -0.05) is 6.07 Å². The molecule has 1 amide bonds.